The monoisotopic (exact) mass is 246 g/mol. The first-order valence-corrected chi connectivity index (χ1v) is 6.58. The number of pyridine rings is 1. The molecule has 2 atom stereocenters. The number of Topliss-reactive ketones (excluding diaryl/α,β-unsaturated/α-hetero) is 1. The maximum Gasteiger partial charge on any atom is 0.178 e. The number of carbonyl (C=O) groups excluding carboxylic acids is 1. The first-order valence-electron chi connectivity index (χ1n) is 6.58. The van der Waals surface area contributed by atoms with Crippen molar-refractivity contribution in [1.82, 2.24) is 4.98 Å². The van der Waals surface area contributed by atoms with Crippen LogP contribution in [0.5, 0.6) is 0 Å². The van der Waals surface area contributed by atoms with E-state index < -0.39 is 0 Å². The first kappa shape index (κ1) is 11.7. The molecule has 0 aliphatic carbocycles. The van der Waals surface area contributed by atoms with Gasteiger partial charge >= 0.3 is 0 Å². The number of nitrogens with zero attached hydrogens (tertiary/aromatic N) is 2. The summed E-state index contributed by atoms with van der Waals surface area (Å²) in [5.74, 6) is -0.00131. The Balaban J connectivity index is 1.85. The number of hydrogen-bond donors (Lipinski definition) is 1. The van der Waals surface area contributed by atoms with Crippen molar-refractivity contribution in [3.8, 4) is 0 Å². The molecule has 1 aromatic rings. The van der Waals surface area contributed by atoms with Gasteiger partial charge in [0.1, 0.15) is 5.69 Å². The average Bonchev–Trinajstić information content (AvgIpc) is 2.62. The quantitative estimate of drug-likeness (QED) is 0.808. The summed E-state index contributed by atoms with van der Waals surface area (Å²) < 4.78 is 0. The van der Waals surface area contributed by atoms with Gasteiger partial charge < -0.3 is 10.0 Å². The van der Waals surface area contributed by atoms with E-state index in [9.17, 15) is 9.90 Å². The summed E-state index contributed by atoms with van der Waals surface area (Å²) in [5, 5.41) is 9.78. The van der Waals surface area contributed by atoms with Gasteiger partial charge in [0.2, 0.25) is 0 Å². The van der Waals surface area contributed by atoms with Crippen molar-refractivity contribution in [2.75, 3.05) is 4.90 Å². The maximum absolute atomic E-state index is 11.2. The molecule has 0 radical (unpaired) electrons. The van der Waals surface area contributed by atoms with Crippen molar-refractivity contribution in [1.29, 1.82) is 0 Å². The van der Waals surface area contributed by atoms with Crippen LogP contribution in [0, 0.1) is 0 Å². The molecule has 4 nitrogen and oxygen atoms in total. The molecule has 2 aliphatic rings. The van der Waals surface area contributed by atoms with Gasteiger partial charge in [0.05, 0.1) is 18.0 Å². The number of anilines is 1. The standard InChI is InChI=1S/C14H18N2O2/c1-9(17)14-5-4-12(8-15-14)16-10-2-3-11(16)7-13(18)6-10/h4-5,8,10-11,13,18H,2-3,6-7H2,1H3. The molecule has 0 amide bonds. The number of ketones is 1. The second kappa shape index (κ2) is 4.35. The third-order valence-corrected chi connectivity index (χ3v) is 4.11. The molecule has 0 saturated carbocycles. The Morgan fingerprint density at radius 2 is 2.00 bits per heavy atom. The molecule has 1 N–H and O–H groups in total. The number of aromatic nitrogens is 1. The van der Waals surface area contributed by atoms with E-state index in [1.165, 1.54) is 6.92 Å². The second-order valence-corrected chi connectivity index (χ2v) is 5.38. The largest absolute Gasteiger partial charge is 0.393 e. The summed E-state index contributed by atoms with van der Waals surface area (Å²) in [6, 6.07) is 4.64. The summed E-state index contributed by atoms with van der Waals surface area (Å²) >= 11 is 0. The van der Waals surface area contributed by atoms with Crippen LogP contribution in [0.25, 0.3) is 0 Å². The zero-order chi connectivity index (χ0) is 12.7. The molecule has 2 aliphatic heterocycles. The van der Waals surface area contributed by atoms with E-state index in [4.69, 9.17) is 0 Å². The Morgan fingerprint density at radius 1 is 1.33 bits per heavy atom. The van der Waals surface area contributed by atoms with E-state index in [1.54, 1.807) is 12.3 Å². The van der Waals surface area contributed by atoms with Crippen LogP contribution < -0.4 is 4.90 Å². The summed E-state index contributed by atoms with van der Waals surface area (Å²) in [4.78, 5) is 17.8. The molecule has 2 unspecified atom stereocenters. The number of piperidine rings is 1. The summed E-state index contributed by atoms with van der Waals surface area (Å²) in [7, 11) is 0. The number of carbonyl (C=O) groups is 1. The Hall–Kier alpha value is -1.42. The summed E-state index contributed by atoms with van der Waals surface area (Å²) in [6.07, 6.45) is 5.64. The smallest absolute Gasteiger partial charge is 0.178 e. The highest BCUT2D eigenvalue weighted by molar-refractivity contribution is 5.92. The predicted octanol–water partition coefficient (Wildman–Crippen LogP) is 1.78. The van der Waals surface area contributed by atoms with Crippen molar-refractivity contribution in [3.05, 3.63) is 24.0 Å². The highest BCUT2D eigenvalue weighted by Gasteiger charge is 2.40. The van der Waals surface area contributed by atoms with E-state index in [2.05, 4.69) is 9.88 Å². The van der Waals surface area contributed by atoms with E-state index in [-0.39, 0.29) is 11.9 Å². The number of fused-ring (bicyclic) bond motifs is 2. The van der Waals surface area contributed by atoms with Gasteiger partial charge in [-0.2, -0.15) is 0 Å². The molecule has 18 heavy (non-hydrogen) atoms. The van der Waals surface area contributed by atoms with Crippen molar-refractivity contribution in [2.24, 2.45) is 0 Å². The van der Waals surface area contributed by atoms with Crippen molar-refractivity contribution in [3.63, 3.8) is 0 Å². The zero-order valence-electron chi connectivity index (χ0n) is 10.5. The van der Waals surface area contributed by atoms with Gasteiger partial charge in [0, 0.05) is 19.0 Å². The molecule has 0 spiro atoms. The van der Waals surface area contributed by atoms with E-state index in [0.717, 1.165) is 31.4 Å². The van der Waals surface area contributed by atoms with Gasteiger partial charge in [-0.05, 0) is 37.8 Å². The summed E-state index contributed by atoms with van der Waals surface area (Å²) in [5.41, 5.74) is 1.60. The lowest BCUT2D eigenvalue weighted by Gasteiger charge is -2.38. The van der Waals surface area contributed by atoms with Crippen molar-refractivity contribution < 1.29 is 9.90 Å². The molecule has 3 rings (SSSR count). The number of hydrogen-bond acceptors (Lipinski definition) is 4. The summed E-state index contributed by atoms with van der Waals surface area (Å²) in [6.45, 7) is 1.53. The minimum atomic E-state index is -0.150. The predicted molar refractivity (Wildman–Crippen MR) is 68.8 cm³/mol. The van der Waals surface area contributed by atoms with Gasteiger partial charge in [-0.15, -0.1) is 0 Å². The van der Waals surface area contributed by atoms with E-state index in [1.807, 2.05) is 6.07 Å². The van der Waals surface area contributed by atoms with Crippen LogP contribution in [0.15, 0.2) is 18.3 Å². The van der Waals surface area contributed by atoms with Gasteiger partial charge in [0.25, 0.3) is 0 Å². The fraction of sp³-hybridized carbons (Fsp3) is 0.571. The lowest BCUT2D eigenvalue weighted by molar-refractivity contribution is 0.101. The van der Waals surface area contributed by atoms with Crippen LogP contribution in [-0.4, -0.2) is 34.1 Å². The Morgan fingerprint density at radius 3 is 2.50 bits per heavy atom. The number of aliphatic hydroxyl groups excluding tert-OH is 1. The molecule has 3 heterocycles. The van der Waals surface area contributed by atoms with Gasteiger partial charge in [-0.1, -0.05) is 0 Å². The fourth-order valence-electron chi connectivity index (χ4n) is 3.32. The van der Waals surface area contributed by atoms with E-state index in [0.29, 0.717) is 17.8 Å². The van der Waals surface area contributed by atoms with Crippen LogP contribution in [0.1, 0.15) is 43.1 Å². The minimum Gasteiger partial charge on any atom is -0.393 e. The molecule has 96 valence electrons. The van der Waals surface area contributed by atoms with Crippen LogP contribution >= 0.6 is 0 Å². The Bertz CT molecular complexity index is 443. The van der Waals surface area contributed by atoms with Gasteiger partial charge in [-0.3, -0.25) is 9.78 Å². The third-order valence-electron chi connectivity index (χ3n) is 4.11. The molecule has 4 heteroatoms. The molecule has 1 aromatic heterocycles. The van der Waals surface area contributed by atoms with E-state index >= 15 is 0 Å². The zero-order valence-corrected chi connectivity index (χ0v) is 10.5. The van der Waals surface area contributed by atoms with Crippen LogP contribution in [0.4, 0.5) is 5.69 Å². The normalized spacial score (nSPS) is 30.6. The number of aliphatic hydroxyl groups is 1. The molecular formula is C14H18N2O2. The van der Waals surface area contributed by atoms with Crippen LogP contribution in [0.3, 0.4) is 0 Å². The first-order chi connectivity index (χ1) is 8.65. The fourth-order valence-corrected chi connectivity index (χ4v) is 3.32. The van der Waals surface area contributed by atoms with Crippen molar-refractivity contribution >= 4 is 11.5 Å². The lowest BCUT2D eigenvalue weighted by Crippen LogP contribution is -2.44. The maximum atomic E-state index is 11.2. The minimum absolute atomic E-state index is 0.00131. The van der Waals surface area contributed by atoms with Gasteiger partial charge in [-0.25, -0.2) is 0 Å². The molecule has 2 bridgehead atoms. The Labute approximate surface area is 107 Å². The average molecular weight is 246 g/mol. The van der Waals surface area contributed by atoms with Crippen LogP contribution in [0.2, 0.25) is 0 Å². The second-order valence-electron chi connectivity index (χ2n) is 5.38. The molecule has 0 aromatic carbocycles. The highest BCUT2D eigenvalue weighted by Crippen LogP contribution is 2.38. The molecule has 2 fully saturated rings. The van der Waals surface area contributed by atoms with Gasteiger partial charge in [0.15, 0.2) is 5.78 Å². The third kappa shape index (κ3) is 1.90. The number of rotatable bonds is 2. The Kier molecular flexibility index (Phi) is 2.82. The topological polar surface area (TPSA) is 53.4 Å². The molecule has 2 saturated heterocycles. The lowest BCUT2D eigenvalue weighted by atomic mass is 9.99. The van der Waals surface area contributed by atoms with Crippen LogP contribution in [-0.2, 0) is 0 Å². The SMILES string of the molecule is CC(=O)c1ccc(N2C3CCC2CC(O)C3)cn1. The van der Waals surface area contributed by atoms with Crippen molar-refractivity contribution in [2.45, 2.75) is 50.8 Å². The highest BCUT2D eigenvalue weighted by atomic mass is 16.3. The molecular weight excluding hydrogens is 228 g/mol.